The zero-order valence-electron chi connectivity index (χ0n) is 14.9. The number of hydrogen-bond donors (Lipinski definition) is 2. The van der Waals surface area contributed by atoms with E-state index in [-0.39, 0.29) is 5.60 Å². The minimum Gasteiger partial charge on any atom is -0.507 e. The van der Waals surface area contributed by atoms with Crippen molar-refractivity contribution in [2.45, 2.75) is 52.7 Å². The van der Waals surface area contributed by atoms with Crippen LogP contribution in [0, 0.1) is 20.8 Å². The Kier molecular flexibility index (Phi) is 4.50. The van der Waals surface area contributed by atoms with E-state index >= 15 is 0 Å². The van der Waals surface area contributed by atoms with Gasteiger partial charge in [0.05, 0.1) is 5.69 Å². The van der Waals surface area contributed by atoms with Gasteiger partial charge in [-0.2, -0.15) is 0 Å². The molecule has 4 nitrogen and oxygen atoms in total. The van der Waals surface area contributed by atoms with Gasteiger partial charge >= 0.3 is 0 Å². The fourth-order valence-corrected chi connectivity index (χ4v) is 3.38. The highest BCUT2D eigenvalue weighted by molar-refractivity contribution is 5.58. The number of aromatic nitrogens is 1. The predicted octanol–water partition coefficient (Wildman–Crippen LogP) is 3.59. The normalized spacial score (nSPS) is 19.7. The number of nitrogens with zero attached hydrogens (tertiary/aromatic N) is 1. The van der Waals surface area contributed by atoms with Gasteiger partial charge in [-0.15, -0.1) is 0 Å². The van der Waals surface area contributed by atoms with Crippen LogP contribution in [0.4, 0.5) is 0 Å². The summed E-state index contributed by atoms with van der Waals surface area (Å²) in [5.41, 5.74) is 4.85. The first kappa shape index (κ1) is 16.8. The summed E-state index contributed by atoms with van der Waals surface area (Å²) in [5.74, 6) is 1.36. The van der Waals surface area contributed by atoms with E-state index in [1.54, 1.807) is 0 Å². The molecule has 3 rings (SSSR count). The SMILES string of the molecule is Cc1c(C)c2c(c(C)c1O)CCC(C)(CNCc1ccccn1)O2. The smallest absolute Gasteiger partial charge is 0.127 e. The first-order chi connectivity index (χ1) is 11.4. The standard InChI is InChI=1S/C20H26N2O2/c1-13-14(2)19-17(15(3)18(13)23)8-9-20(4,24-19)12-21-11-16-7-5-6-10-22-16/h5-7,10,21,23H,8-9,11-12H2,1-4H3. The van der Waals surface area contributed by atoms with Crippen molar-refractivity contribution in [1.29, 1.82) is 0 Å². The lowest BCUT2D eigenvalue weighted by Gasteiger charge is -2.38. The second-order valence-corrected chi connectivity index (χ2v) is 7.01. The Bertz CT molecular complexity index is 743. The highest BCUT2D eigenvalue weighted by atomic mass is 16.5. The summed E-state index contributed by atoms with van der Waals surface area (Å²) < 4.78 is 6.41. The Labute approximate surface area is 143 Å². The van der Waals surface area contributed by atoms with Crippen molar-refractivity contribution in [3.05, 3.63) is 52.3 Å². The summed E-state index contributed by atoms with van der Waals surface area (Å²) in [5, 5.41) is 13.7. The molecular formula is C20H26N2O2. The lowest BCUT2D eigenvalue weighted by Crippen LogP contribution is -2.45. The van der Waals surface area contributed by atoms with Crippen molar-refractivity contribution in [1.82, 2.24) is 10.3 Å². The molecule has 1 aromatic carbocycles. The van der Waals surface area contributed by atoms with Gasteiger partial charge in [0.2, 0.25) is 0 Å². The van der Waals surface area contributed by atoms with Crippen LogP contribution < -0.4 is 10.1 Å². The Morgan fingerprint density at radius 2 is 2.00 bits per heavy atom. The number of ether oxygens (including phenoxy) is 1. The van der Waals surface area contributed by atoms with E-state index in [2.05, 4.69) is 17.2 Å². The molecule has 2 heterocycles. The molecule has 4 heteroatoms. The van der Waals surface area contributed by atoms with E-state index in [9.17, 15) is 5.11 Å². The van der Waals surface area contributed by atoms with Gasteiger partial charge in [-0.3, -0.25) is 4.98 Å². The molecule has 1 aromatic heterocycles. The molecule has 0 radical (unpaired) electrons. The Morgan fingerprint density at radius 1 is 1.21 bits per heavy atom. The van der Waals surface area contributed by atoms with Crippen LogP contribution >= 0.6 is 0 Å². The van der Waals surface area contributed by atoms with Crippen molar-refractivity contribution < 1.29 is 9.84 Å². The fourth-order valence-electron chi connectivity index (χ4n) is 3.38. The number of phenols is 1. The number of hydrogen-bond acceptors (Lipinski definition) is 4. The third-order valence-corrected chi connectivity index (χ3v) is 5.12. The maximum absolute atomic E-state index is 10.3. The van der Waals surface area contributed by atoms with Gasteiger partial charge in [0.1, 0.15) is 17.1 Å². The highest BCUT2D eigenvalue weighted by Gasteiger charge is 2.34. The van der Waals surface area contributed by atoms with Crippen LogP contribution in [0.3, 0.4) is 0 Å². The molecule has 1 atom stereocenters. The lowest BCUT2D eigenvalue weighted by molar-refractivity contribution is 0.0629. The molecular weight excluding hydrogens is 300 g/mol. The quantitative estimate of drug-likeness (QED) is 0.901. The first-order valence-electron chi connectivity index (χ1n) is 8.52. The van der Waals surface area contributed by atoms with Gasteiger partial charge in [0.15, 0.2) is 0 Å². The fraction of sp³-hybridized carbons (Fsp3) is 0.450. The Hall–Kier alpha value is -2.07. The number of rotatable bonds is 4. The number of phenolic OH excluding ortho intramolecular Hbond substituents is 1. The molecule has 128 valence electrons. The van der Waals surface area contributed by atoms with Gasteiger partial charge in [-0.25, -0.2) is 0 Å². The van der Waals surface area contributed by atoms with Gasteiger partial charge in [0, 0.05) is 24.8 Å². The number of benzene rings is 1. The molecule has 0 aliphatic carbocycles. The van der Waals surface area contributed by atoms with Crippen molar-refractivity contribution in [3.63, 3.8) is 0 Å². The Balaban J connectivity index is 1.74. The largest absolute Gasteiger partial charge is 0.507 e. The number of nitrogens with one attached hydrogen (secondary N) is 1. The third kappa shape index (κ3) is 3.11. The van der Waals surface area contributed by atoms with Gasteiger partial charge in [-0.1, -0.05) is 6.07 Å². The van der Waals surface area contributed by atoms with Crippen LogP contribution in [0.15, 0.2) is 24.4 Å². The van der Waals surface area contributed by atoms with E-state index in [0.717, 1.165) is 59.6 Å². The molecule has 0 bridgehead atoms. The van der Waals surface area contributed by atoms with Crippen molar-refractivity contribution >= 4 is 0 Å². The predicted molar refractivity (Wildman–Crippen MR) is 95.6 cm³/mol. The first-order valence-corrected chi connectivity index (χ1v) is 8.52. The van der Waals surface area contributed by atoms with E-state index in [1.807, 2.05) is 45.2 Å². The number of aromatic hydroxyl groups is 1. The molecule has 24 heavy (non-hydrogen) atoms. The summed E-state index contributed by atoms with van der Waals surface area (Å²) in [7, 11) is 0. The van der Waals surface area contributed by atoms with Crippen LogP contribution in [0.5, 0.6) is 11.5 Å². The zero-order valence-corrected chi connectivity index (χ0v) is 14.9. The molecule has 0 saturated carbocycles. The van der Waals surface area contributed by atoms with Crippen molar-refractivity contribution in [2.75, 3.05) is 6.54 Å². The average molecular weight is 326 g/mol. The van der Waals surface area contributed by atoms with E-state index in [0.29, 0.717) is 5.75 Å². The summed E-state index contributed by atoms with van der Waals surface area (Å²) in [6.45, 7) is 9.61. The van der Waals surface area contributed by atoms with Crippen LogP contribution in [0.1, 0.15) is 41.3 Å². The van der Waals surface area contributed by atoms with E-state index in [1.165, 1.54) is 0 Å². The second kappa shape index (κ2) is 6.44. The molecule has 1 aliphatic heterocycles. The van der Waals surface area contributed by atoms with Crippen LogP contribution in [0.25, 0.3) is 0 Å². The minimum absolute atomic E-state index is 0.248. The second-order valence-electron chi connectivity index (χ2n) is 7.01. The minimum atomic E-state index is -0.248. The molecule has 1 unspecified atom stereocenters. The summed E-state index contributed by atoms with van der Waals surface area (Å²) in [4.78, 5) is 4.34. The average Bonchev–Trinajstić information content (AvgIpc) is 2.59. The summed E-state index contributed by atoms with van der Waals surface area (Å²) in [6.07, 6.45) is 3.67. The van der Waals surface area contributed by atoms with E-state index in [4.69, 9.17) is 4.74 Å². The van der Waals surface area contributed by atoms with Gasteiger partial charge in [-0.05, 0) is 69.4 Å². The number of pyridine rings is 1. The number of fused-ring (bicyclic) bond motifs is 1. The monoisotopic (exact) mass is 326 g/mol. The summed E-state index contributed by atoms with van der Waals surface area (Å²) >= 11 is 0. The zero-order chi connectivity index (χ0) is 17.3. The third-order valence-electron chi connectivity index (χ3n) is 5.12. The molecule has 0 saturated heterocycles. The topological polar surface area (TPSA) is 54.4 Å². The van der Waals surface area contributed by atoms with Crippen molar-refractivity contribution in [3.8, 4) is 11.5 Å². The van der Waals surface area contributed by atoms with Crippen LogP contribution in [0.2, 0.25) is 0 Å². The molecule has 1 aliphatic rings. The molecule has 0 spiro atoms. The lowest BCUT2D eigenvalue weighted by atomic mass is 9.87. The van der Waals surface area contributed by atoms with E-state index < -0.39 is 0 Å². The van der Waals surface area contributed by atoms with Crippen LogP contribution in [-0.4, -0.2) is 22.2 Å². The van der Waals surface area contributed by atoms with Crippen molar-refractivity contribution in [2.24, 2.45) is 0 Å². The van der Waals surface area contributed by atoms with Crippen LogP contribution in [-0.2, 0) is 13.0 Å². The maximum atomic E-state index is 10.3. The molecule has 0 fully saturated rings. The highest BCUT2D eigenvalue weighted by Crippen LogP contribution is 2.43. The Morgan fingerprint density at radius 3 is 2.71 bits per heavy atom. The molecule has 0 amide bonds. The van der Waals surface area contributed by atoms with Gasteiger partial charge < -0.3 is 15.2 Å². The molecule has 2 aromatic rings. The maximum Gasteiger partial charge on any atom is 0.127 e. The summed E-state index contributed by atoms with van der Waals surface area (Å²) in [6, 6.07) is 5.95. The van der Waals surface area contributed by atoms with Gasteiger partial charge in [0.25, 0.3) is 0 Å². The molecule has 2 N–H and O–H groups in total.